The van der Waals surface area contributed by atoms with E-state index in [1.165, 1.54) is 37.3 Å². The van der Waals surface area contributed by atoms with E-state index in [9.17, 15) is 31.2 Å². The molecule has 1 fully saturated rings. The molecular formula is C32H33ClF3N3O7S. The number of carbonyl (C=O) groups excluding carboxylic acids is 2. The van der Waals surface area contributed by atoms with Gasteiger partial charge in [0, 0.05) is 35.2 Å². The van der Waals surface area contributed by atoms with Crippen molar-refractivity contribution in [1.82, 2.24) is 10.2 Å². The fourth-order valence-electron chi connectivity index (χ4n) is 6.19. The van der Waals surface area contributed by atoms with E-state index < -0.39 is 38.5 Å². The van der Waals surface area contributed by atoms with Gasteiger partial charge in [0.05, 0.1) is 26.6 Å². The second-order valence-corrected chi connectivity index (χ2v) is 13.4. The van der Waals surface area contributed by atoms with Crippen LogP contribution < -0.4 is 23.8 Å². The van der Waals surface area contributed by atoms with E-state index in [0.29, 0.717) is 4.31 Å². The summed E-state index contributed by atoms with van der Waals surface area (Å²) in [7, 11) is -0.980. The van der Waals surface area contributed by atoms with E-state index in [1.54, 1.807) is 31.3 Å². The van der Waals surface area contributed by atoms with E-state index in [2.05, 4.69) is 10.1 Å². The van der Waals surface area contributed by atoms with Crippen LogP contribution in [0.2, 0.25) is 5.02 Å². The number of para-hydroxylation sites is 1. The highest BCUT2D eigenvalue weighted by Gasteiger charge is 2.58. The Morgan fingerprint density at radius 2 is 1.70 bits per heavy atom. The van der Waals surface area contributed by atoms with Crippen molar-refractivity contribution in [2.24, 2.45) is 5.92 Å². The quantitative estimate of drug-likeness (QED) is 0.264. The van der Waals surface area contributed by atoms with Crippen molar-refractivity contribution >= 4 is 39.1 Å². The maximum atomic E-state index is 14.9. The lowest BCUT2D eigenvalue weighted by molar-refractivity contribution is -0.275. The first kappa shape index (κ1) is 34.3. The van der Waals surface area contributed by atoms with E-state index in [1.807, 2.05) is 0 Å². The number of alkyl halides is 3. The van der Waals surface area contributed by atoms with E-state index in [-0.39, 0.29) is 51.8 Å². The summed E-state index contributed by atoms with van der Waals surface area (Å²) in [5, 5.41) is 3.29. The molecule has 5 rings (SSSR count). The van der Waals surface area contributed by atoms with Crippen LogP contribution >= 0.6 is 11.6 Å². The molecule has 1 unspecified atom stereocenters. The minimum Gasteiger partial charge on any atom is -0.497 e. The maximum absolute atomic E-state index is 14.9. The first-order valence-electron chi connectivity index (χ1n) is 14.7. The number of carbonyl (C=O) groups is 2. The fourth-order valence-corrected chi connectivity index (χ4v) is 7.93. The van der Waals surface area contributed by atoms with Gasteiger partial charge in [0.25, 0.3) is 15.9 Å². The van der Waals surface area contributed by atoms with Gasteiger partial charge in [-0.1, -0.05) is 49.1 Å². The highest BCUT2D eigenvalue weighted by atomic mass is 35.5. The molecule has 1 saturated carbocycles. The zero-order valence-corrected chi connectivity index (χ0v) is 27.3. The third-order valence-electron chi connectivity index (χ3n) is 8.40. The Bertz CT molecular complexity index is 1780. The summed E-state index contributed by atoms with van der Waals surface area (Å²) in [6.07, 6.45) is -0.919. The van der Waals surface area contributed by atoms with Crippen LogP contribution in [-0.2, 0) is 25.2 Å². The Labute approximate surface area is 275 Å². The lowest BCUT2D eigenvalue weighted by atomic mass is 9.83. The number of benzene rings is 3. The Kier molecular flexibility index (Phi) is 9.67. The summed E-state index contributed by atoms with van der Waals surface area (Å²) < 4.78 is 84.3. The molecule has 2 aliphatic rings. The molecule has 252 valence electrons. The van der Waals surface area contributed by atoms with Crippen molar-refractivity contribution in [2.75, 3.05) is 32.2 Å². The van der Waals surface area contributed by atoms with Gasteiger partial charge in [0.15, 0.2) is 11.3 Å². The van der Waals surface area contributed by atoms with Crippen LogP contribution in [0.3, 0.4) is 0 Å². The van der Waals surface area contributed by atoms with Crippen LogP contribution in [0.1, 0.15) is 43.2 Å². The summed E-state index contributed by atoms with van der Waals surface area (Å²) in [4.78, 5) is 28.8. The smallest absolute Gasteiger partial charge is 0.497 e. The van der Waals surface area contributed by atoms with Gasteiger partial charge in [-0.15, -0.1) is 13.2 Å². The summed E-state index contributed by atoms with van der Waals surface area (Å²) in [5.41, 5.74) is -1.94. The van der Waals surface area contributed by atoms with Crippen molar-refractivity contribution < 1.29 is 45.4 Å². The largest absolute Gasteiger partial charge is 0.573 e. The molecule has 1 heterocycles. The van der Waals surface area contributed by atoms with Gasteiger partial charge in [-0.25, -0.2) is 12.7 Å². The maximum Gasteiger partial charge on any atom is 0.573 e. The van der Waals surface area contributed by atoms with E-state index >= 15 is 0 Å². The summed E-state index contributed by atoms with van der Waals surface area (Å²) in [6.45, 7) is -0.204. The Morgan fingerprint density at radius 3 is 2.36 bits per heavy atom. The average molecular weight is 696 g/mol. The molecule has 0 spiro atoms. The number of halogens is 4. The lowest BCUT2D eigenvalue weighted by Crippen LogP contribution is -2.56. The van der Waals surface area contributed by atoms with Gasteiger partial charge < -0.3 is 19.1 Å². The molecule has 1 atom stereocenters. The predicted octanol–water partition coefficient (Wildman–Crippen LogP) is 5.82. The molecule has 15 heteroatoms. The number of hydrogen-bond acceptors (Lipinski definition) is 8. The topological polar surface area (TPSA) is 114 Å². The summed E-state index contributed by atoms with van der Waals surface area (Å²) >= 11 is 6.42. The highest BCUT2D eigenvalue weighted by molar-refractivity contribution is 7.93. The average Bonchev–Trinajstić information content (AvgIpc) is 3.30. The highest BCUT2D eigenvalue weighted by Crippen LogP contribution is 2.50. The molecular weight excluding hydrogens is 663 g/mol. The molecule has 0 aromatic heterocycles. The van der Waals surface area contributed by atoms with Gasteiger partial charge in [-0.05, 0) is 49.2 Å². The first-order valence-corrected chi connectivity index (χ1v) is 16.5. The fraction of sp³-hybridized carbons (Fsp3) is 0.375. The first-order chi connectivity index (χ1) is 22.2. The monoisotopic (exact) mass is 695 g/mol. The van der Waals surface area contributed by atoms with Crippen molar-refractivity contribution in [3.63, 3.8) is 0 Å². The number of nitrogens with zero attached hydrogens (tertiary/aromatic N) is 2. The standard InChI is InChI=1S/C32H33ClF3N3O7S/c1-38(29(40)20-9-5-4-6-10-20)19-37-31(23-11-7-8-12-26(23)45-3)24-17-21(33)13-15-25(24)39(30(31)41)47(42,43)28-16-14-22(44-2)18-27(28)46-32(34,35)36/h7-8,11-18,20,37H,4-6,9-10,19H2,1-3H3. The van der Waals surface area contributed by atoms with Crippen LogP contribution in [0.5, 0.6) is 17.2 Å². The number of rotatable bonds is 10. The van der Waals surface area contributed by atoms with Crippen LogP contribution in [0.25, 0.3) is 0 Å². The minimum absolute atomic E-state index is 0.0772. The van der Waals surface area contributed by atoms with Crippen LogP contribution in [0.15, 0.2) is 65.6 Å². The van der Waals surface area contributed by atoms with Crippen LogP contribution in [0.4, 0.5) is 18.9 Å². The molecule has 0 radical (unpaired) electrons. The van der Waals surface area contributed by atoms with Gasteiger partial charge in [0.2, 0.25) is 5.91 Å². The normalized spacial score (nSPS) is 18.5. The van der Waals surface area contributed by atoms with Crippen molar-refractivity contribution in [1.29, 1.82) is 0 Å². The molecule has 0 saturated heterocycles. The van der Waals surface area contributed by atoms with Gasteiger partial charge in [-0.2, -0.15) is 0 Å². The Morgan fingerprint density at radius 1 is 1.00 bits per heavy atom. The zero-order valence-electron chi connectivity index (χ0n) is 25.8. The molecule has 10 nitrogen and oxygen atoms in total. The second-order valence-electron chi connectivity index (χ2n) is 11.3. The van der Waals surface area contributed by atoms with Gasteiger partial charge >= 0.3 is 6.36 Å². The van der Waals surface area contributed by atoms with Crippen molar-refractivity contribution in [3.8, 4) is 17.2 Å². The molecule has 3 aromatic carbocycles. The molecule has 1 N–H and O–H groups in total. The third kappa shape index (κ3) is 6.46. The molecule has 47 heavy (non-hydrogen) atoms. The number of ether oxygens (including phenoxy) is 3. The number of sulfonamides is 1. The Balaban J connectivity index is 1.68. The number of hydrogen-bond donors (Lipinski definition) is 1. The molecule has 1 aliphatic heterocycles. The van der Waals surface area contributed by atoms with Crippen molar-refractivity contribution in [2.45, 2.75) is 48.9 Å². The van der Waals surface area contributed by atoms with Crippen LogP contribution in [0, 0.1) is 5.92 Å². The zero-order chi connectivity index (χ0) is 34.1. The van der Waals surface area contributed by atoms with E-state index in [4.69, 9.17) is 21.1 Å². The van der Waals surface area contributed by atoms with Gasteiger partial charge in [-0.3, -0.25) is 14.9 Å². The number of fused-ring (bicyclic) bond motifs is 1. The summed E-state index contributed by atoms with van der Waals surface area (Å²) in [5.74, 6) is -2.44. The molecule has 3 aromatic rings. The third-order valence-corrected chi connectivity index (χ3v) is 10.4. The van der Waals surface area contributed by atoms with Gasteiger partial charge in [0.1, 0.15) is 16.4 Å². The van der Waals surface area contributed by atoms with Crippen LogP contribution in [-0.4, -0.2) is 59.4 Å². The molecule has 2 amide bonds. The number of nitrogens with one attached hydrogen (secondary N) is 1. The number of methoxy groups -OCH3 is 2. The van der Waals surface area contributed by atoms with E-state index in [0.717, 1.165) is 50.3 Å². The Hall–Kier alpha value is -4.01. The summed E-state index contributed by atoms with van der Waals surface area (Å²) in [6, 6.07) is 13.2. The predicted molar refractivity (Wildman–Crippen MR) is 167 cm³/mol. The number of anilines is 1. The molecule has 0 bridgehead atoms. The van der Waals surface area contributed by atoms with Crippen molar-refractivity contribution in [3.05, 3.63) is 76.8 Å². The SMILES string of the molecule is COc1ccc(S(=O)(=O)N2C(=O)C(NCN(C)C(=O)C3CCCCC3)(c3ccccc3OC)c3cc(Cl)ccc32)c(OC(F)(F)F)c1. The molecule has 1 aliphatic carbocycles. The minimum atomic E-state index is -5.27. The lowest BCUT2D eigenvalue weighted by Gasteiger charge is -2.34. The second kappa shape index (κ2) is 13.2. The number of amides is 2.